The second-order valence-electron chi connectivity index (χ2n) is 5.58. The summed E-state index contributed by atoms with van der Waals surface area (Å²) in [7, 11) is 0. The molecular weight excluding hydrogens is 347 g/mol. The van der Waals surface area contributed by atoms with E-state index in [1.54, 1.807) is 6.07 Å². The second kappa shape index (κ2) is 5.93. The lowest BCUT2D eigenvalue weighted by Gasteiger charge is -2.26. The fourth-order valence-corrected chi connectivity index (χ4v) is 4.10. The van der Waals surface area contributed by atoms with Crippen molar-refractivity contribution in [3.05, 3.63) is 52.6 Å². The van der Waals surface area contributed by atoms with Crippen LogP contribution in [0.2, 0.25) is 5.15 Å². The van der Waals surface area contributed by atoms with Gasteiger partial charge in [-0.3, -0.25) is 0 Å². The molecule has 2 aromatic heterocycles. The number of nitrogens with zero attached hydrogens (tertiary/aromatic N) is 3. The molecule has 0 bridgehead atoms. The minimum atomic E-state index is -0.245. The smallest absolute Gasteiger partial charge is 0.162 e. The van der Waals surface area contributed by atoms with Crippen LogP contribution in [0.1, 0.15) is 17.5 Å². The maximum absolute atomic E-state index is 13.3. The van der Waals surface area contributed by atoms with E-state index in [1.165, 1.54) is 29.2 Å². The van der Waals surface area contributed by atoms with Gasteiger partial charge >= 0.3 is 0 Å². The van der Waals surface area contributed by atoms with Gasteiger partial charge in [-0.2, -0.15) is 9.64 Å². The van der Waals surface area contributed by atoms with Gasteiger partial charge in [0, 0.05) is 35.8 Å². The zero-order valence-corrected chi connectivity index (χ0v) is 14.1. The quantitative estimate of drug-likeness (QED) is 0.729. The fourth-order valence-electron chi connectivity index (χ4n) is 3.03. The molecule has 120 valence electrons. The zero-order valence-electron chi connectivity index (χ0n) is 12.5. The number of aromatic amines is 1. The Balaban J connectivity index is 1.63. The standard InChI is InChI=1S/C17H12ClFN4S/c18-16-13(8-20)17(24-22-16)23-5-3-10(4-6-23)14-9-21-15-7-11(19)1-2-12(14)15/h1-3,7,9,21H,4-6H2. The summed E-state index contributed by atoms with van der Waals surface area (Å²) in [6, 6.07) is 6.92. The van der Waals surface area contributed by atoms with Crippen LogP contribution in [-0.2, 0) is 0 Å². The first-order chi connectivity index (χ1) is 11.7. The molecule has 0 saturated carbocycles. The summed E-state index contributed by atoms with van der Waals surface area (Å²) in [5, 5.41) is 11.3. The van der Waals surface area contributed by atoms with E-state index in [1.807, 2.05) is 6.20 Å². The largest absolute Gasteiger partial charge is 0.360 e. The van der Waals surface area contributed by atoms with Gasteiger partial charge in [-0.05, 0) is 41.7 Å². The van der Waals surface area contributed by atoms with E-state index in [0.717, 1.165) is 34.4 Å². The molecule has 0 atom stereocenters. The van der Waals surface area contributed by atoms with Crippen molar-refractivity contribution in [2.45, 2.75) is 6.42 Å². The highest BCUT2D eigenvalue weighted by molar-refractivity contribution is 7.10. The van der Waals surface area contributed by atoms with Crippen LogP contribution in [0.3, 0.4) is 0 Å². The molecule has 0 radical (unpaired) electrons. The number of benzene rings is 1. The van der Waals surface area contributed by atoms with Crippen molar-refractivity contribution in [3.63, 3.8) is 0 Å². The van der Waals surface area contributed by atoms with Crippen molar-refractivity contribution in [2.75, 3.05) is 18.0 Å². The summed E-state index contributed by atoms with van der Waals surface area (Å²) in [5.41, 5.74) is 3.57. The number of rotatable bonds is 2. The molecule has 4 rings (SSSR count). The summed E-state index contributed by atoms with van der Waals surface area (Å²) in [4.78, 5) is 5.24. The summed E-state index contributed by atoms with van der Waals surface area (Å²) in [6.45, 7) is 1.48. The monoisotopic (exact) mass is 358 g/mol. The molecule has 0 aliphatic carbocycles. The van der Waals surface area contributed by atoms with E-state index in [-0.39, 0.29) is 11.0 Å². The average Bonchev–Trinajstić information content (AvgIpc) is 3.17. The molecule has 0 fully saturated rings. The highest BCUT2D eigenvalue weighted by Gasteiger charge is 2.21. The Bertz CT molecular complexity index is 998. The summed E-state index contributed by atoms with van der Waals surface area (Å²) in [5.74, 6) is -0.245. The maximum atomic E-state index is 13.3. The van der Waals surface area contributed by atoms with Crippen LogP contribution < -0.4 is 4.90 Å². The molecular formula is C17H12ClFN4S. The van der Waals surface area contributed by atoms with Gasteiger partial charge in [0.1, 0.15) is 22.5 Å². The van der Waals surface area contributed by atoms with Crippen LogP contribution in [0.25, 0.3) is 16.5 Å². The molecule has 4 nitrogen and oxygen atoms in total. The van der Waals surface area contributed by atoms with Crippen LogP contribution in [0.5, 0.6) is 0 Å². The number of H-pyrrole nitrogens is 1. The van der Waals surface area contributed by atoms with Crippen LogP contribution >= 0.6 is 23.1 Å². The number of anilines is 1. The number of nitrogens with one attached hydrogen (secondary N) is 1. The van der Waals surface area contributed by atoms with Gasteiger partial charge in [0.05, 0.1) is 0 Å². The summed E-state index contributed by atoms with van der Waals surface area (Å²) in [6.07, 6.45) is 4.91. The third kappa shape index (κ3) is 2.46. The normalized spacial score (nSPS) is 14.7. The maximum Gasteiger partial charge on any atom is 0.162 e. The topological polar surface area (TPSA) is 55.7 Å². The molecule has 0 amide bonds. The van der Waals surface area contributed by atoms with Gasteiger partial charge in [-0.25, -0.2) is 4.39 Å². The number of aromatic nitrogens is 2. The minimum Gasteiger partial charge on any atom is -0.360 e. The fraction of sp³-hybridized carbons (Fsp3) is 0.176. The van der Waals surface area contributed by atoms with Gasteiger partial charge in [0.15, 0.2) is 5.15 Å². The van der Waals surface area contributed by atoms with E-state index < -0.39 is 0 Å². The highest BCUT2D eigenvalue weighted by atomic mass is 35.5. The van der Waals surface area contributed by atoms with Crippen molar-refractivity contribution >= 4 is 44.6 Å². The molecule has 0 saturated heterocycles. The number of hydrogen-bond donors (Lipinski definition) is 1. The Kier molecular flexibility index (Phi) is 3.75. The van der Waals surface area contributed by atoms with E-state index >= 15 is 0 Å². The molecule has 0 spiro atoms. The first-order valence-corrected chi connectivity index (χ1v) is 8.59. The van der Waals surface area contributed by atoms with E-state index in [9.17, 15) is 9.65 Å². The van der Waals surface area contributed by atoms with Gasteiger partial charge in [-0.1, -0.05) is 17.7 Å². The highest BCUT2D eigenvalue weighted by Crippen LogP contribution is 2.35. The van der Waals surface area contributed by atoms with Gasteiger partial charge < -0.3 is 9.88 Å². The molecule has 1 N–H and O–H groups in total. The Labute approximate surface area is 146 Å². The lowest BCUT2D eigenvalue weighted by Crippen LogP contribution is -2.28. The average molecular weight is 359 g/mol. The van der Waals surface area contributed by atoms with Crippen LogP contribution in [-0.4, -0.2) is 22.4 Å². The lowest BCUT2D eigenvalue weighted by molar-refractivity contribution is 0.629. The first kappa shape index (κ1) is 15.2. The van der Waals surface area contributed by atoms with Crippen LogP contribution in [0.15, 0.2) is 30.5 Å². The Morgan fingerprint density at radius 2 is 2.29 bits per heavy atom. The molecule has 1 aliphatic rings. The van der Waals surface area contributed by atoms with E-state index in [0.29, 0.717) is 12.1 Å². The molecule has 24 heavy (non-hydrogen) atoms. The second-order valence-corrected chi connectivity index (χ2v) is 6.69. The third-order valence-corrected chi connectivity index (χ3v) is 5.51. The van der Waals surface area contributed by atoms with Crippen LogP contribution in [0.4, 0.5) is 9.39 Å². The van der Waals surface area contributed by atoms with Crippen molar-refractivity contribution in [3.8, 4) is 6.07 Å². The Hall–Kier alpha value is -2.36. The molecule has 0 unspecified atom stereocenters. The van der Waals surface area contributed by atoms with Crippen molar-refractivity contribution in [1.82, 2.24) is 9.36 Å². The minimum absolute atomic E-state index is 0.245. The molecule has 1 aromatic carbocycles. The predicted octanol–water partition coefficient (Wildman–Crippen LogP) is 4.58. The van der Waals surface area contributed by atoms with Gasteiger partial charge in [0.25, 0.3) is 0 Å². The molecule has 1 aliphatic heterocycles. The van der Waals surface area contributed by atoms with Crippen molar-refractivity contribution in [2.24, 2.45) is 0 Å². The Morgan fingerprint density at radius 3 is 3.04 bits per heavy atom. The molecule has 3 aromatic rings. The number of halogens is 2. The first-order valence-electron chi connectivity index (χ1n) is 7.43. The molecule has 3 heterocycles. The van der Waals surface area contributed by atoms with Gasteiger partial charge in [-0.15, -0.1) is 0 Å². The van der Waals surface area contributed by atoms with Crippen LogP contribution in [0, 0.1) is 17.1 Å². The van der Waals surface area contributed by atoms with Gasteiger partial charge in [0.2, 0.25) is 0 Å². The third-order valence-electron chi connectivity index (χ3n) is 4.23. The molecule has 7 heteroatoms. The number of nitriles is 1. The number of fused-ring (bicyclic) bond motifs is 1. The summed E-state index contributed by atoms with van der Waals surface area (Å²) >= 11 is 7.21. The SMILES string of the molecule is N#Cc1c(Cl)nsc1N1CC=C(c2c[nH]c3cc(F)ccc23)CC1. The van der Waals surface area contributed by atoms with E-state index in [4.69, 9.17) is 11.6 Å². The summed E-state index contributed by atoms with van der Waals surface area (Å²) < 4.78 is 17.4. The van der Waals surface area contributed by atoms with Crippen molar-refractivity contribution < 1.29 is 4.39 Å². The zero-order chi connectivity index (χ0) is 16.7. The Morgan fingerprint density at radius 1 is 1.42 bits per heavy atom. The van der Waals surface area contributed by atoms with E-state index in [2.05, 4.69) is 26.4 Å². The predicted molar refractivity (Wildman–Crippen MR) is 94.9 cm³/mol. The van der Waals surface area contributed by atoms with Crippen molar-refractivity contribution in [1.29, 1.82) is 5.26 Å². The lowest BCUT2D eigenvalue weighted by atomic mass is 9.99. The number of hydrogen-bond acceptors (Lipinski definition) is 4.